The topological polar surface area (TPSA) is 48.0 Å². The molecule has 0 saturated heterocycles. The molecule has 3 nitrogen and oxygen atoms in total. The first kappa shape index (κ1) is 10.6. The van der Waals surface area contributed by atoms with Gasteiger partial charge in [-0.3, -0.25) is 4.79 Å². The summed E-state index contributed by atoms with van der Waals surface area (Å²) in [5.41, 5.74) is 8.34. The van der Waals surface area contributed by atoms with Crippen molar-refractivity contribution in [3.8, 4) is 12.3 Å². The Morgan fingerprint density at radius 2 is 2.21 bits per heavy atom. The molecule has 1 aromatic heterocycles. The van der Waals surface area contributed by atoms with Gasteiger partial charge in [0, 0.05) is 18.3 Å². The zero-order valence-electron chi connectivity index (χ0n) is 8.50. The van der Waals surface area contributed by atoms with E-state index in [1.54, 1.807) is 10.6 Å². The van der Waals surface area contributed by atoms with Crippen molar-refractivity contribution in [2.75, 3.05) is 0 Å². The third kappa shape index (κ3) is 1.70. The van der Waals surface area contributed by atoms with E-state index in [0.29, 0.717) is 13.1 Å². The van der Waals surface area contributed by atoms with Crippen molar-refractivity contribution in [1.82, 2.24) is 4.57 Å². The third-order valence-corrected chi connectivity index (χ3v) is 2.38. The zero-order valence-corrected chi connectivity index (χ0v) is 8.50. The first-order valence-electron chi connectivity index (χ1n) is 4.45. The average molecular weight is 190 g/mol. The van der Waals surface area contributed by atoms with E-state index >= 15 is 0 Å². The fraction of sp³-hybridized carbons (Fsp3) is 0.364. The van der Waals surface area contributed by atoms with Crippen LogP contribution in [0.2, 0.25) is 0 Å². The van der Waals surface area contributed by atoms with Crippen LogP contribution in [0.5, 0.6) is 0 Å². The molecule has 0 unspecified atom stereocenters. The van der Waals surface area contributed by atoms with E-state index in [2.05, 4.69) is 5.92 Å². The van der Waals surface area contributed by atoms with Crippen LogP contribution in [-0.4, -0.2) is 4.57 Å². The predicted molar refractivity (Wildman–Crippen MR) is 56.9 cm³/mol. The van der Waals surface area contributed by atoms with Crippen molar-refractivity contribution < 1.29 is 0 Å². The van der Waals surface area contributed by atoms with Crippen molar-refractivity contribution in [2.24, 2.45) is 5.73 Å². The normalized spacial score (nSPS) is 9.86. The number of hydrogen-bond donors (Lipinski definition) is 1. The Morgan fingerprint density at radius 1 is 1.57 bits per heavy atom. The molecule has 0 aliphatic heterocycles. The SMILES string of the molecule is C#CCn1c(C)c(CN)c(C)cc1=O. The Kier molecular flexibility index (Phi) is 3.10. The molecule has 0 saturated carbocycles. The van der Waals surface area contributed by atoms with Crippen molar-refractivity contribution in [2.45, 2.75) is 26.9 Å². The van der Waals surface area contributed by atoms with Crippen molar-refractivity contribution in [3.63, 3.8) is 0 Å². The highest BCUT2D eigenvalue weighted by Crippen LogP contribution is 2.09. The first-order valence-corrected chi connectivity index (χ1v) is 4.45. The summed E-state index contributed by atoms with van der Waals surface area (Å²) >= 11 is 0. The number of aryl methyl sites for hydroxylation is 1. The molecule has 0 spiro atoms. The van der Waals surface area contributed by atoms with Crippen LogP contribution in [0.15, 0.2) is 10.9 Å². The number of rotatable bonds is 2. The van der Waals surface area contributed by atoms with Gasteiger partial charge >= 0.3 is 0 Å². The fourth-order valence-corrected chi connectivity index (χ4v) is 1.56. The van der Waals surface area contributed by atoms with E-state index in [-0.39, 0.29) is 5.56 Å². The predicted octanol–water partition coefficient (Wildman–Crippen LogP) is 0.557. The van der Waals surface area contributed by atoms with Gasteiger partial charge in [0.2, 0.25) is 0 Å². The van der Waals surface area contributed by atoms with Crippen LogP contribution >= 0.6 is 0 Å². The lowest BCUT2D eigenvalue weighted by Gasteiger charge is -2.12. The average Bonchev–Trinajstić information content (AvgIpc) is 2.12. The molecule has 0 atom stereocenters. The van der Waals surface area contributed by atoms with Crippen molar-refractivity contribution in [1.29, 1.82) is 0 Å². The lowest BCUT2D eigenvalue weighted by molar-refractivity contribution is 0.740. The second kappa shape index (κ2) is 4.12. The van der Waals surface area contributed by atoms with Gasteiger partial charge in [-0.1, -0.05) is 5.92 Å². The second-order valence-electron chi connectivity index (χ2n) is 3.22. The lowest BCUT2D eigenvalue weighted by atomic mass is 10.1. The van der Waals surface area contributed by atoms with Crippen LogP contribution in [0, 0.1) is 26.2 Å². The van der Waals surface area contributed by atoms with Gasteiger partial charge in [-0.15, -0.1) is 6.42 Å². The van der Waals surface area contributed by atoms with Crippen LogP contribution in [0.3, 0.4) is 0 Å². The van der Waals surface area contributed by atoms with Crippen LogP contribution < -0.4 is 11.3 Å². The van der Waals surface area contributed by atoms with Gasteiger partial charge in [0.25, 0.3) is 5.56 Å². The monoisotopic (exact) mass is 190 g/mol. The van der Waals surface area contributed by atoms with Crippen LogP contribution in [0.4, 0.5) is 0 Å². The Balaban J connectivity index is 3.45. The summed E-state index contributed by atoms with van der Waals surface area (Å²) in [5.74, 6) is 2.46. The highest BCUT2D eigenvalue weighted by atomic mass is 16.1. The van der Waals surface area contributed by atoms with E-state index in [1.807, 2.05) is 13.8 Å². The summed E-state index contributed by atoms with van der Waals surface area (Å²) in [4.78, 5) is 11.5. The molecule has 0 radical (unpaired) electrons. The summed E-state index contributed by atoms with van der Waals surface area (Å²) in [6.45, 7) is 4.49. The Bertz CT molecular complexity index is 438. The molecule has 0 aliphatic carbocycles. The van der Waals surface area contributed by atoms with Gasteiger partial charge in [0.05, 0.1) is 6.54 Å². The Labute approximate surface area is 83.6 Å². The van der Waals surface area contributed by atoms with Gasteiger partial charge < -0.3 is 10.3 Å². The quantitative estimate of drug-likeness (QED) is 0.693. The molecular formula is C11H14N2O. The summed E-state index contributed by atoms with van der Waals surface area (Å²) in [6, 6.07) is 1.58. The maximum atomic E-state index is 11.5. The summed E-state index contributed by atoms with van der Waals surface area (Å²) in [7, 11) is 0. The number of pyridine rings is 1. The third-order valence-electron chi connectivity index (χ3n) is 2.38. The molecular weight excluding hydrogens is 176 g/mol. The molecule has 0 bridgehead atoms. The molecule has 1 rings (SSSR count). The molecule has 0 aromatic carbocycles. The molecule has 1 heterocycles. The van der Waals surface area contributed by atoms with E-state index < -0.39 is 0 Å². The molecule has 3 heteroatoms. The highest BCUT2D eigenvalue weighted by molar-refractivity contribution is 5.29. The Hall–Kier alpha value is -1.53. The minimum absolute atomic E-state index is 0.0600. The first-order chi connectivity index (χ1) is 6.61. The van der Waals surface area contributed by atoms with Crippen molar-refractivity contribution in [3.05, 3.63) is 33.2 Å². The molecule has 1 aromatic rings. The summed E-state index contributed by atoms with van der Waals surface area (Å²) < 4.78 is 1.56. The molecule has 0 fully saturated rings. The second-order valence-corrected chi connectivity index (χ2v) is 3.22. The minimum Gasteiger partial charge on any atom is -0.326 e. The van der Waals surface area contributed by atoms with Gasteiger partial charge in [0.1, 0.15) is 0 Å². The largest absolute Gasteiger partial charge is 0.326 e. The number of aromatic nitrogens is 1. The number of nitrogens with two attached hydrogens (primary N) is 1. The highest BCUT2D eigenvalue weighted by Gasteiger charge is 2.07. The summed E-state index contributed by atoms with van der Waals surface area (Å²) in [6.07, 6.45) is 5.19. The maximum absolute atomic E-state index is 11.5. The van der Waals surface area contributed by atoms with Crippen molar-refractivity contribution >= 4 is 0 Å². The number of nitrogens with zero attached hydrogens (tertiary/aromatic N) is 1. The molecule has 2 N–H and O–H groups in total. The zero-order chi connectivity index (χ0) is 10.7. The van der Waals surface area contributed by atoms with Crippen LogP contribution in [-0.2, 0) is 13.1 Å². The van der Waals surface area contributed by atoms with E-state index in [1.165, 1.54) is 0 Å². The van der Waals surface area contributed by atoms with Gasteiger partial charge in [0.15, 0.2) is 0 Å². The number of terminal acetylenes is 1. The molecule has 74 valence electrons. The van der Waals surface area contributed by atoms with Crippen LogP contribution in [0.25, 0.3) is 0 Å². The van der Waals surface area contributed by atoms with E-state index in [4.69, 9.17) is 12.2 Å². The lowest BCUT2D eigenvalue weighted by Crippen LogP contribution is -2.24. The van der Waals surface area contributed by atoms with E-state index in [0.717, 1.165) is 16.8 Å². The molecule has 14 heavy (non-hydrogen) atoms. The van der Waals surface area contributed by atoms with Crippen LogP contribution in [0.1, 0.15) is 16.8 Å². The smallest absolute Gasteiger partial charge is 0.251 e. The number of hydrogen-bond acceptors (Lipinski definition) is 2. The fourth-order valence-electron chi connectivity index (χ4n) is 1.56. The summed E-state index contributed by atoms with van der Waals surface area (Å²) in [5, 5.41) is 0. The van der Waals surface area contributed by atoms with Gasteiger partial charge in [-0.25, -0.2) is 0 Å². The van der Waals surface area contributed by atoms with E-state index in [9.17, 15) is 4.79 Å². The van der Waals surface area contributed by atoms with Gasteiger partial charge in [-0.05, 0) is 25.0 Å². The standard InChI is InChI=1S/C11H14N2O/c1-4-5-13-9(3)10(7-12)8(2)6-11(13)14/h1,6H,5,7,12H2,2-3H3. The minimum atomic E-state index is -0.0600. The maximum Gasteiger partial charge on any atom is 0.251 e. The van der Waals surface area contributed by atoms with Gasteiger partial charge in [-0.2, -0.15) is 0 Å². The Morgan fingerprint density at radius 3 is 2.71 bits per heavy atom. The molecule has 0 aliphatic rings. The molecule has 0 amide bonds.